The van der Waals surface area contributed by atoms with Crippen molar-refractivity contribution in [1.29, 1.82) is 0 Å². The highest BCUT2D eigenvalue weighted by Gasteiger charge is 2.14. The zero-order chi connectivity index (χ0) is 15.5. The number of nitrogens with one attached hydrogen (secondary N) is 1. The molecule has 0 saturated carbocycles. The smallest absolute Gasteiger partial charge is 0.0330 e. The highest BCUT2D eigenvalue weighted by Crippen LogP contribution is 2.27. The molecule has 21 heavy (non-hydrogen) atoms. The molecule has 1 atom stereocenters. The Bertz CT molecular complexity index is 389. The average Bonchev–Trinajstić information content (AvgIpc) is 2.49. The highest BCUT2D eigenvalue weighted by atomic mass is 127. The van der Waals surface area contributed by atoms with Gasteiger partial charge in [0.2, 0.25) is 0 Å². The van der Waals surface area contributed by atoms with Crippen LogP contribution in [0.3, 0.4) is 0 Å². The summed E-state index contributed by atoms with van der Waals surface area (Å²) in [5, 5.41) is 3.75. The molecule has 1 aromatic rings. The van der Waals surface area contributed by atoms with Gasteiger partial charge in [0, 0.05) is 9.61 Å². The highest BCUT2D eigenvalue weighted by molar-refractivity contribution is 14.1. The molecule has 0 radical (unpaired) electrons. The van der Waals surface area contributed by atoms with Crippen molar-refractivity contribution in [2.45, 2.75) is 78.2 Å². The Labute approximate surface area is 145 Å². The van der Waals surface area contributed by atoms with E-state index in [0.717, 1.165) is 6.54 Å². The summed E-state index contributed by atoms with van der Waals surface area (Å²) in [6, 6.07) is 7.25. The lowest BCUT2D eigenvalue weighted by atomic mass is 9.98. The molecular weight excluding hydrogens is 369 g/mol. The Hall–Kier alpha value is -0.0900. The first-order valence-corrected chi connectivity index (χ1v) is 9.77. The van der Waals surface area contributed by atoms with E-state index in [2.05, 4.69) is 66.9 Å². The van der Waals surface area contributed by atoms with Gasteiger partial charge < -0.3 is 5.32 Å². The van der Waals surface area contributed by atoms with Gasteiger partial charge in [-0.2, -0.15) is 0 Å². The quantitative estimate of drug-likeness (QED) is 0.335. The van der Waals surface area contributed by atoms with Gasteiger partial charge in [-0.05, 0) is 60.0 Å². The molecule has 0 spiro atoms. The van der Waals surface area contributed by atoms with E-state index in [-0.39, 0.29) is 0 Å². The van der Waals surface area contributed by atoms with E-state index in [9.17, 15) is 0 Å². The van der Waals surface area contributed by atoms with E-state index < -0.39 is 0 Å². The van der Waals surface area contributed by atoms with Crippen LogP contribution >= 0.6 is 22.6 Å². The van der Waals surface area contributed by atoms with Crippen LogP contribution in [-0.2, 0) is 0 Å². The van der Waals surface area contributed by atoms with E-state index in [1.54, 1.807) is 0 Å². The molecule has 1 unspecified atom stereocenters. The topological polar surface area (TPSA) is 12.0 Å². The van der Waals surface area contributed by atoms with Crippen molar-refractivity contribution < 1.29 is 0 Å². The van der Waals surface area contributed by atoms with Crippen LogP contribution < -0.4 is 5.32 Å². The van der Waals surface area contributed by atoms with Gasteiger partial charge in [0.15, 0.2) is 0 Å². The molecule has 1 nitrogen and oxygen atoms in total. The predicted molar refractivity (Wildman–Crippen MR) is 103 cm³/mol. The average molecular weight is 401 g/mol. The summed E-state index contributed by atoms with van der Waals surface area (Å²) >= 11 is 2.51. The molecule has 0 aliphatic heterocycles. The molecule has 2 heteroatoms. The Kier molecular flexibility index (Phi) is 10.4. The van der Waals surface area contributed by atoms with Crippen LogP contribution in [0, 0.1) is 10.5 Å². The third-order valence-corrected chi connectivity index (χ3v) is 5.56. The maximum atomic E-state index is 3.75. The van der Waals surface area contributed by atoms with Crippen LogP contribution in [0.15, 0.2) is 18.2 Å². The first-order valence-electron chi connectivity index (χ1n) is 8.69. The van der Waals surface area contributed by atoms with Crippen molar-refractivity contribution in [2.75, 3.05) is 6.54 Å². The zero-order valence-corrected chi connectivity index (χ0v) is 16.2. The summed E-state index contributed by atoms with van der Waals surface area (Å²) in [7, 11) is 0. The number of unbranched alkanes of at least 4 members (excludes halogenated alkanes) is 5. The van der Waals surface area contributed by atoms with Crippen LogP contribution in [0.1, 0.15) is 82.4 Å². The van der Waals surface area contributed by atoms with E-state index in [1.165, 1.54) is 66.1 Å². The van der Waals surface area contributed by atoms with Crippen LogP contribution in [0.2, 0.25) is 0 Å². The van der Waals surface area contributed by atoms with Crippen molar-refractivity contribution in [3.63, 3.8) is 0 Å². The molecule has 0 saturated heterocycles. The van der Waals surface area contributed by atoms with Gasteiger partial charge >= 0.3 is 0 Å². The lowest BCUT2D eigenvalue weighted by Crippen LogP contribution is -2.23. The molecule has 1 aromatic carbocycles. The van der Waals surface area contributed by atoms with Gasteiger partial charge in [0.1, 0.15) is 0 Å². The second-order valence-electron chi connectivity index (χ2n) is 6.04. The number of hydrogen-bond donors (Lipinski definition) is 1. The Morgan fingerprint density at radius 1 is 1.00 bits per heavy atom. The molecule has 0 aliphatic rings. The third-order valence-electron chi connectivity index (χ3n) is 4.08. The molecule has 0 heterocycles. The van der Waals surface area contributed by atoms with Crippen molar-refractivity contribution in [3.05, 3.63) is 32.9 Å². The predicted octanol–water partition coefficient (Wildman–Crippen LogP) is 6.39. The summed E-state index contributed by atoms with van der Waals surface area (Å²) < 4.78 is 1.44. The molecule has 120 valence electrons. The number of hydrogen-bond acceptors (Lipinski definition) is 1. The number of benzene rings is 1. The minimum atomic E-state index is 0.530. The van der Waals surface area contributed by atoms with Gasteiger partial charge in [-0.3, -0.25) is 0 Å². The maximum Gasteiger partial charge on any atom is 0.0330 e. The first-order chi connectivity index (χ1) is 10.2. The molecule has 0 bridgehead atoms. The number of halogens is 1. The molecule has 0 amide bonds. The second kappa shape index (κ2) is 11.5. The standard InChI is InChI=1S/C19H32IN/c1-4-6-7-8-9-10-14-18(21-15-5-2)17-13-11-12-16(3)19(17)20/h11-13,18,21H,4-10,14-15H2,1-3H3. The lowest BCUT2D eigenvalue weighted by molar-refractivity contribution is 0.465. The minimum absolute atomic E-state index is 0.530. The fraction of sp³-hybridized carbons (Fsp3) is 0.684. The van der Waals surface area contributed by atoms with Gasteiger partial charge in [-0.15, -0.1) is 0 Å². The van der Waals surface area contributed by atoms with E-state index in [1.807, 2.05) is 0 Å². The van der Waals surface area contributed by atoms with Gasteiger partial charge in [0.05, 0.1) is 0 Å². The molecule has 1 N–H and O–H groups in total. The van der Waals surface area contributed by atoms with Crippen LogP contribution in [0.25, 0.3) is 0 Å². The number of aryl methyl sites for hydroxylation is 1. The van der Waals surface area contributed by atoms with Crippen molar-refractivity contribution in [2.24, 2.45) is 0 Å². The number of rotatable bonds is 11. The molecule has 0 aliphatic carbocycles. The van der Waals surface area contributed by atoms with Crippen molar-refractivity contribution in [3.8, 4) is 0 Å². The summed E-state index contributed by atoms with van der Waals surface area (Å²) in [6.45, 7) is 7.86. The largest absolute Gasteiger partial charge is 0.310 e. The lowest BCUT2D eigenvalue weighted by Gasteiger charge is -2.21. The fourth-order valence-electron chi connectivity index (χ4n) is 2.75. The molecule has 0 fully saturated rings. The first kappa shape index (κ1) is 19.0. The van der Waals surface area contributed by atoms with Crippen molar-refractivity contribution in [1.82, 2.24) is 5.32 Å². The van der Waals surface area contributed by atoms with Gasteiger partial charge in [-0.25, -0.2) is 0 Å². The maximum absolute atomic E-state index is 3.75. The normalized spacial score (nSPS) is 12.6. The van der Waals surface area contributed by atoms with Crippen molar-refractivity contribution >= 4 is 22.6 Å². The van der Waals surface area contributed by atoms with Crippen LogP contribution in [0.4, 0.5) is 0 Å². The van der Waals surface area contributed by atoms with Gasteiger partial charge in [-0.1, -0.05) is 70.6 Å². The molecular formula is C19H32IN. The SMILES string of the molecule is CCCCCCCCC(NCCC)c1cccc(C)c1I. The Morgan fingerprint density at radius 3 is 2.43 bits per heavy atom. The summed E-state index contributed by atoms with van der Waals surface area (Å²) in [6.07, 6.45) is 10.7. The minimum Gasteiger partial charge on any atom is -0.310 e. The van der Waals surface area contributed by atoms with E-state index in [0.29, 0.717) is 6.04 Å². The molecule has 0 aromatic heterocycles. The van der Waals surface area contributed by atoms with E-state index >= 15 is 0 Å². The van der Waals surface area contributed by atoms with Crippen LogP contribution in [-0.4, -0.2) is 6.54 Å². The zero-order valence-electron chi connectivity index (χ0n) is 14.1. The summed E-state index contributed by atoms with van der Waals surface area (Å²) in [5.41, 5.74) is 2.90. The third kappa shape index (κ3) is 7.14. The monoisotopic (exact) mass is 401 g/mol. The summed E-state index contributed by atoms with van der Waals surface area (Å²) in [4.78, 5) is 0. The fourth-order valence-corrected chi connectivity index (χ4v) is 3.49. The summed E-state index contributed by atoms with van der Waals surface area (Å²) in [5.74, 6) is 0. The Morgan fingerprint density at radius 2 is 1.71 bits per heavy atom. The second-order valence-corrected chi connectivity index (χ2v) is 7.12. The Balaban J connectivity index is 2.53. The van der Waals surface area contributed by atoms with Crippen LogP contribution in [0.5, 0.6) is 0 Å². The molecule has 1 rings (SSSR count). The van der Waals surface area contributed by atoms with E-state index in [4.69, 9.17) is 0 Å². The van der Waals surface area contributed by atoms with Gasteiger partial charge in [0.25, 0.3) is 0 Å².